The quantitative estimate of drug-likeness (QED) is 0.233. The molecule has 1 fully saturated rings. The molecule has 0 saturated heterocycles. The van der Waals surface area contributed by atoms with Crippen molar-refractivity contribution in [1.29, 1.82) is 0 Å². The Bertz CT molecular complexity index is 660. The molecule has 0 heterocycles. The Morgan fingerprint density at radius 2 is 1.61 bits per heavy atom. The van der Waals surface area contributed by atoms with Crippen LogP contribution >= 0.6 is 7.60 Å². The molecule has 1 amide bonds. The normalized spacial score (nSPS) is 15.6. The highest BCUT2D eigenvalue weighted by Crippen LogP contribution is 2.52. The molecular weight excluding hydrogens is 418 g/mol. The van der Waals surface area contributed by atoms with Crippen molar-refractivity contribution in [1.82, 2.24) is 0 Å². The van der Waals surface area contributed by atoms with Gasteiger partial charge in [0.1, 0.15) is 0 Å². The first-order valence-corrected chi connectivity index (χ1v) is 13.3. The molecule has 6 nitrogen and oxygen atoms in total. The first kappa shape index (κ1) is 27.8. The van der Waals surface area contributed by atoms with E-state index < -0.39 is 13.5 Å². The molecule has 0 radical (unpaired) electrons. The van der Waals surface area contributed by atoms with Crippen molar-refractivity contribution >= 4 is 19.2 Å². The van der Waals surface area contributed by atoms with Crippen LogP contribution in [0.4, 0.5) is 10.1 Å². The number of hydrogen-bond acceptors (Lipinski definition) is 3. The maximum Gasteiger partial charge on any atom is 0.363 e. The summed E-state index contributed by atoms with van der Waals surface area (Å²) < 4.78 is 24.4. The van der Waals surface area contributed by atoms with Gasteiger partial charge in [-0.05, 0) is 37.0 Å². The maximum atomic E-state index is 13.5. The number of hydrogen-bond donors (Lipinski definition) is 4. The molecule has 1 saturated carbocycles. The summed E-state index contributed by atoms with van der Waals surface area (Å²) in [5, 5.41) is 2.70. The molecule has 2 rings (SSSR count). The van der Waals surface area contributed by atoms with Crippen LogP contribution < -0.4 is 11.1 Å². The number of anilines is 1. The van der Waals surface area contributed by atoms with Crippen LogP contribution in [-0.2, 0) is 9.36 Å². The van der Waals surface area contributed by atoms with E-state index in [2.05, 4.69) is 12.2 Å². The first-order chi connectivity index (χ1) is 14.7. The fraction of sp³-hybridized carbons (Fsp3) is 0.696. The third kappa shape index (κ3) is 13.0. The van der Waals surface area contributed by atoms with E-state index in [1.165, 1.54) is 82.1 Å². The van der Waals surface area contributed by atoms with Crippen molar-refractivity contribution in [2.24, 2.45) is 5.73 Å². The van der Waals surface area contributed by atoms with E-state index in [4.69, 9.17) is 15.5 Å². The van der Waals surface area contributed by atoms with E-state index >= 15 is 0 Å². The molecule has 0 bridgehead atoms. The van der Waals surface area contributed by atoms with Gasteiger partial charge in [-0.1, -0.05) is 76.8 Å². The monoisotopic (exact) mass is 458 g/mol. The molecule has 0 aliphatic heterocycles. The zero-order valence-corrected chi connectivity index (χ0v) is 19.7. The number of carbonyl (C=O) groups is 1. The zero-order valence-electron chi connectivity index (χ0n) is 18.8. The largest absolute Gasteiger partial charge is 0.363 e. The lowest BCUT2D eigenvalue weighted by Crippen LogP contribution is -2.22. The molecule has 178 valence electrons. The van der Waals surface area contributed by atoms with Gasteiger partial charge in [0.05, 0.1) is 0 Å². The second-order valence-corrected chi connectivity index (χ2v) is 10.00. The number of rotatable bonds is 11. The molecule has 1 aliphatic rings. The second kappa shape index (κ2) is 15.5. The summed E-state index contributed by atoms with van der Waals surface area (Å²) >= 11 is 0. The maximum absolute atomic E-state index is 13.5. The average Bonchev–Trinajstić information content (AvgIpc) is 2.73. The van der Waals surface area contributed by atoms with Crippen molar-refractivity contribution in [3.05, 3.63) is 29.8 Å². The van der Waals surface area contributed by atoms with Crippen molar-refractivity contribution in [2.45, 2.75) is 102 Å². The van der Waals surface area contributed by atoms with Crippen LogP contribution in [0.5, 0.6) is 0 Å². The van der Waals surface area contributed by atoms with E-state index in [1.807, 2.05) is 0 Å². The fourth-order valence-corrected chi connectivity index (χ4v) is 4.08. The highest BCUT2D eigenvalue weighted by molar-refractivity contribution is 7.51. The Kier molecular flexibility index (Phi) is 13.9. The molecule has 0 spiro atoms. The van der Waals surface area contributed by atoms with Crippen LogP contribution in [0.25, 0.3) is 0 Å². The van der Waals surface area contributed by atoms with Gasteiger partial charge in [0.15, 0.2) is 0 Å². The van der Waals surface area contributed by atoms with Crippen molar-refractivity contribution in [3.8, 4) is 0 Å². The Balaban J connectivity index is 0.000000577. The Morgan fingerprint density at radius 3 is 2.10 bits per heavy atom. The Labute approximate surface area is 186 Å². The second-order valence-electron chi connectivity index (χ2n) is 8.36. The number of benzene rings is 1. The van der Waals surface area contributed by atoms with Gasteiger partial charge in [-0.25, -0.2) is 4.39 Å². The number of amides is 1. The summed E-state index contributed by atoms with van der Waals surface area (Å²) in [6.45, 7) is 2.18. The summed E-state index contributed by atoms with van der Waals surface area (Å²) in [6.07, 6.45) is 15.0. The number of unbranched alkanes of at least 4 members (excludes halogenated alkanes) is 6. The lowest BCUT2D eigenvalue weighted by atomic mass is 9.97. The smallest absolute Gasteiger partial charge is 0.328 e. The molecule has 5 N–H and O–H groups in total. The minimum absolute atomic E-state index is 0.103. The van der Waals surface area contributed by atoms with Crippen LogP contribution in [-0.4, -0.2) is 21.7 Å². The van der Waals surface area contributed by atoms with E-state index in [-0.39, 0.29) is 11.5 Å². The van der Waals surface area contributed by atoms with Gasteiger partial charge in [0.2, 0.25) is 11.8 Å². The van der Waals surface area contributed by atoms with Gasteiger partial charge >= 0.3 is 7.60 Å². The first-order valence-electron chi connectivity index (χ1n) is 11.6. The van der Waals surface area contributed by atoms with Gasteiger partial charge in [-0.15, -0.1) is 0 Å². The van der Waals surface area contributed by atoms with Crippen LogP contribution in [0.15, 0.2) is 24.3 Å². The third-order valence-corrected chi connectivity index (χ3v) is 6.31. The zero-order chi connectivity index (χ0) is 23.1. The molecule has 1 aromatic rings. The number of nitrogens with two attached hydrogens (primary N) is 1. The van der Waals surface area contributed by atoms with Crippen LogP contribution in [0.3, 0.4) is 0 Å². The van der Waals surface area contributed by atoms with E-state index in [1.54, 1.807) is 0 Å². The predicted octanol–water partition coefficient (Wildman–Crippen LogP) is 6.19. The number of nitrogens with one attached hydrogen (secondary N) is 1. The third-order valence-electron chi connectivity index (χ3n) is 5.42. The summed E-state index contributed by atoms with van der Waals surface area (Å²) in [4.78, 5) is 29.4. The minimum atomic E-state index is -4.80. The Morgan fingerprint density at radius 1 is 1.06 bits per heavy atom. The van der Waals surface area contributed by atoms with Crippen LogP contribution in [0.2, 0.25) is 0 Å². The molecule has 0 aromatic heterocycles. The van der Waals surface area contributed by atoms with Gasteiger partial charge in [-0.3, -0.25) is 9.36 Å². The lowest BCUT2D eigenvalue weighted by molar-refractivity contribution is -0.116. The summed E-state index contributed by atoms with van der Waals surface area (Å²) in [5.41, 5.74) is 6.02. The fourth-order valence-electron chi connectivity index (χ4n) is 3.52. The lowest BCUT2D eigenvalue weighted by Gasteiger charge is -2.15. The average molecular weight is 459 g/mol. The predicted molar refractivity (Wildman–Crippen MR) is 125 cm³/mol. The van der Waals surface area contributed by atoms with E-state index in [0.29, 0.717) is 18.2 Å². The molecule has 1 unspecified atom stereocenters. The van der Waals surface area contributed by atoms with Crippen LogP contribution in [0.1, 0.15) is 102 Å². The van der Waals surface area contributed by atoms with Gasteiger partial charge < -0.3 is 20.8 Å². The van der Waals surface area contributed by atoms with Gasteiger partial charge in [-0.2, -0.15) is 0 Å². The molecule has 31 heavy (non-hydrogen) atoms. The molecule has 1 aliphatic carbocycles. The molecule has 1 atom stereocenters. The number of halogens is 1. The number of alkyl halides is 1. The Hall–Kier alpha value is -1.27. The highest BCUT2D eigenvalue weighted by atomic mass is 31.2. The van der Waals surface area contributed by atoms with Crippen molar-refractivity contribution < 1.29 is 23.5 Å². The van der Waals surface area contributed by atoms with Crippen molar-refractivity contribution in [2.75, 3.05) is 5.32 Å². The number of carbonyl (C=O) groups excluding carboxylic acids is 1. The van der Waals surface area contributed by atoms with Gasteiger partial charge in [0, 0.05) is 18.2 Å². The topological polar surface area (TPSA) is 113 Å². The molecule has 1 aromatic carbocycles. The SMILES string of the molecule is CCCCCCCCCC(=O)Nc1ccc(C(F)P(=O)(O)O)cc1.NC1CCCCC1. The van der Waals surface area contributed by atoms with E-state index in [9.17, 15) is 13.8 Å². The summed E-state index contributed by atoms with van der Waals surface area (Å²) in [6, 6.07) is 5.97. The van der Waals surface area contributed by atoms with E-state index in [0.717, 1.165) is 19.3 Å². The molecule has 8 heteroatoms. The van der Waals surface area contributed by atoms with Crippen molar-refractivity contribution in [3.63, 3.8) is 0 Å². The summed E-state index contributed by atoms with van der Waals surface area (Å²) in [5.74, 6) is -2.45. The molecular formula is C23H40FN2O4P. The standard InChI is InChI=1S/C17H27FNO4P.C6H13N/c1-2-3-4-5-6-7-8-9-16(20)19-15-12-10-14(11-13-15)17(18)24(21,22)23;7-6-4-2-1-3-5-6/h10-13,17H,2-9H2,1H3,(H,19,20)(H2,21,22,23);6H,1-5,7H2. The summed E-state index contributed by atoms with van der Waals surface area (Å²) in [7, 11) is -4.80. The van der Waals surface area contributed by atoms with Crippen LogP contribution in [0, 0.1) is 0 Å². The minimum Gasteiger partial charge on any atom is -0.328 e. The highest BCUT2D eigenvalue weighted by Gasteiger charge is 2.30. The van der Waals surface area contributed by atoms with Gasteiger partial charge in [0.25, 0.3) is 0 Å².